The van der Waals surface area contributed by atoms with Crippen molar-refractivity contribution < 1.29 is 4.74 Å². The molecule has 19 heavy (non-hydrogen) atoms. The molecule has 1 saturated heterocycles. The molecule has 0 radical (unpaired) electrons. The van der Waals surface area contributed by atoms with Crippen molar-refractivity contribution in [1.29, 1.82) is 0 Å². The van der Waals surface area contributed by atoms with Crippen LogP contribution in [0.25, 0.3) is 0 Å². The van der Waals surface area contributed by atoms with E-state index in [1.807, 2.05) is 0 Å². The Balaban J connectivity index is 2.03. The predicted molar refractivity (Wildman–Crippen MR) is 80.8 cm³/mol. The van der Waals surface area contributed by atoms with Crippen LogP contribution in [0.5, 0.6) is 0 Å². The van der Waals surface area contributed by atoms with Crippen LogP contribution in [0.3, 0.4) is 0 Å². The van der Waals surface area contributed by atoms with Crippen LogP contribution in [0.15, 0.2) is 18.2 Å². The van der Waals surface area contributed by atoms with Crippen LogP contribution in [0, 0.1) is 6.92 Å². The van der Waals surface area contributed by atoms with Crippen LogP contribution in [0.4, 0.5) is 5.69 Å². The van der Waals surface area contributed by atoms with Crippen LogP contribution in [-0.4, -0.2) is 33.4 Å². The maximum atomic E-state index is 5.08. The fraction of sp³-hybridized carbons (Fsp3) is 0.625. The third kappa shape index (κ3) is 4.22. The molecular weight excluding hydrogens is 236 g/mol. The average molecular weight is 262 g/mol. The number of hydrogen-bond acceptors (Lipinski definition) is 3. The van der Waals surface area contributed by atoms with E-state index in [0.717, 1.165) is 19.7 Å². The monoisotopic (exact) mass is 262 g/mol. The first-order valence-corrected chi connectivity index (χ1v) is 7.35. The van der Waals surface area contributed by atoms with Gasteiger partial charge in [0.05, 0.1) is 6.61 Å². The minimum absolute atomic E-state index is 0.769. The molecule has 0 aliphatic carbocycles. The summed E-state index contributed by atoms with van der Waals surface area (Å²) < 4.78 is 5.08. The second kappa shape index (κ2) is 7.51. The molecule has 1 aliphatic heterocycles. The predicted octanol–water partition coefficient (Wildman–Crippen LogP) is 2.72. The van der Waals surface area contributed by atoms with Crippen molar-refractivity contribution in [3.63, 3.8) is 0 Å². The highest BCUT2D eigenvalue weighted by molar-refractivity contribution is 5.55. The van der Waals surface area contributed by atoms with Gasteiger partial charge in [-0.05, 0) is 37.8 Å². The lowest BCUT2D eigenvalue weighted by Gasteiger charge is -2.31. The highest BCUT2D eigenvalue weighted by atomic mass is 16.5. The first-order chi connectivity index (χ1) is 9.31. The van der Waals surface area contributed by atoms with Gasteiger partial charge in [-0.3, -0.25) is 0 Å². The smallest absolute Gasteiger partial charge is 0.0587 e. The molecule has 2 rings (SSSR count). The zero-order valence-corrected chi connectivity index (χ0v) is 12.2. The lowest BCUT2D eigenvalue weighted by Crippen LogP contribution is -2.31. The van der Waals surface area contributed by atoms with Gasteiger partial charge in [-0.1, -0.05) is 17.7 Å². The molecule has 0 spiro atoms. The van der Waals surface area contributed by atoms with Gasteiger partial charge in [0.15, 0.2) is 0 Å². The molecule has 1 aliphatic rings. The minimum Gasteiger partial charge on any atom is -0.383 e. The molecule has 3 heteroatoms. The lowest BCUT2D eigenvalue weighted by molar-refractivity contribution is 0.199. The van der Waals surface area contributed by atoms with Gasteiger partial charge in [0, 0.05) is 39.0 Å². The van der Waals surface area contributed by atoms with Crippen molar-refractivity contribution in [2.45, 2.75) is 32.7 Å². The zero-order valence-electron chi connectivity index (χ0n) is 12.2. The summed E-state index contributed by atoms with van der Waals surface area (Å²) in [6, 6.07) is 6.82. The van der Waals surface area contributed by atoms with Crippen molar-refractivity contribution in [3.05, 3.63) is 29.3 Å². The fourth-order valence-electron chi connectivity index (χ4n) is 2.70. The summed E-state index contributed by atoms with van der Waals surface area (Å²) in [7, 11) is 1.74. The maximum absolute atomic E-state index is 5.08. The van der Waals surface area contributed by atoms with Crippen molar-refractivity contribution in [2.24, 2.45) is 0 Å². The van der Waals surface area contributed by atoms with Gasteiger partial charge in [0.1, 0.15) is 0 Å². The van der Waals surface area contributed by atoms with Crippen molar-refractivity contribution >= 4 is 5.69 Å². The second-order valence-electron chi connectivity index (χ2n) is 5.35. The molecule has 0 atom stereocenters. The van der Waals surface area contributed by atoms with Crippen LogP contribution in [0.2, 0.25) is 0 Å². The van der Waals surface area contributed by atoms with Gasteiger partial charge < -0.3 is 15.0 Å². The second-order valence-corrected chi connectivity index (χ2v) is 5.35. The van der Waals surface area contributed by atoms with Gasteiger partial charge in [-0.2, -0.15) is 0 Å². The van der Waals surface area contributed by atoms with Crippen LogP contribution < -0.4 is 10.2 Å². The normalized spacial score (nSPS) is 15.8. The molecule has 0 amide bonds. The SMILES string of the molecule is COCCNCc1cc(C)ccc1N1CCCCC1. The van der Waals surface area contributed by atoms with Crippen LogP contribution in [-0.2, 0) is 11.3 Å². The topological polar surface area (TPSA) is 24.5 Å². The average Bonchev–Trinajstić information content (AvgIpc) is 2.45. The molecule has 0 saturated carbocycles. The van der Waals surface area contributed by atoms with E-state index < -0.39 is 0 Å². The van der Waals surface area contributed by atoms with Gasteiger partial charge in [0.2, 0.25) is 0 Å². The minimum atomic E-state index is 0.769. The first-order valence-electron chi connectivity index (χ1n) is 7.35. The molecule has 1 aromatic carbocycles. The highest BCUT2D eigenvalue weighted by Crippen LogP contribution is 2.25. The van der Waals surface area contributed by atoms with E-state index in [9.17, 15) is 0 Å². The van der Waals surface area contributed by atoms with E-state index in [1.165, 1.54) is 49.2 Å². The Morgan fingerprint density at radius 3 is 2.74 bits per heavy atom. The Bertz CT molecular complexity index is 386. The van der Waals surface area contributed by atoms with E-state index in [1.54, 1.807) is 7.11 Å². The lowest BCUT2D eigenvalue weighted by atomic mass is 10.0. The summed E-state index contributed by atoms with van der Waals surface area (Å²) in [6.07, 6.45) is 4.03. The summed E-state index contributed by atoms with van der Waals surface area (Å²) in [6.45, 7) is 7.17. The summed E-state index contributed by atoms with van der Waals surface area (Å²) in [5.41, 5.74) is 4.16. The summed E-state index contributed by atoms with van der Waals surface area (Å²) in [5, 5.41) is 3.46. The number of ether oxygens (including phenoxy) is 1. The Morgan fingerprint density at radius 2 is 2.00 bits per heavy atom. The van der Waals surface area contributed by atoms with E-state index in [-0.39, 0.29) is 0 Å². The molecule has 3 nitrogen and oxygen atoms in total. The van der Waals surface area contributed by atoms with Crippen LogP contribution >= 0.6 is 0 Å². The maximum Gasteiger partial charge on any atom is 0.0587 e. The number of nitrogens with zero attached hydrogens (tertiary/aromatic N) is 1. The van der Waals surface area contributed by atoms with Gasteiger partial charge in [-0.15, -0.1) is 0 Å². The molecule has 106 valence electrons. The standard InChI is InChI=1S/C16H26N2O/c1-14-6-7-16(18-9-4-3-5-10-18)15(12-14)13-17-8-11-19-2/h6-7,12,17H,3-5,8-11,13H2,1-2H3. The van der Waals surface area contributed by atoms with Gasteiger partial charge in [0.25, 0.3) is 0 Å². The molecule has 1 fully saturated rings. The van der Waals surface area contributed by atoms with Crippen molar-refractivity contribution in [1.82, 2.24) is 5.32 Å². The summed E-state index contributed by atoms with van der Waals surface area (Å²) in [5.74, 6) is 0. The first kappa shape index (κ1) is 14.4. The van der Waals surface area contributed by atoms with E-state index in [0.29, 0.717) is 0 Å². The Morgan fingerprint density at radius 1 is 1.21 bits per heavy atom. The largest absolute Gasteiger partial charge is 0.383 e. The number of rotatable bonds is 6. The highest BCUT2D eigenvalue weighted by Gasteiger charge is 2.14. The number of hydrogen-bond donors (Lipinski definition) is 1. The number of methoxy groups -OCH3 is 1. The number of piperidine rings is 1. The number of aryl methyl sites for hydroxylation is 1. The Labute approximate surface area is 116 Å². The quantitative estimate of drug-likeness (QED) is 0.798. The molecule has 1 aromatic rings. The zero-order chi connectivity index (χ0) is 13.5. The van der Waals surface area contributed by atoms with Gasteiger partial charge in [-0.25, -0.2) is 0 Å². The third-order valence-electron chi connectivity index (χ3n) is 3.73. The molecule has 0 aromatic heterocycles. The number of anilines is 1. The molecule has 0 bridgehead atoms. The van der Waals surface area contributed by atoms with E-state index in [2.05, 4.69) is 35.3 Å². The van der Waals surface area contributed by atoms with Crippen molar-refractivity contribution in [3.8, 4) is 0 Å². The summed E-state index contributed by atoms with van der Waals surface area (Å²) in [4.78, 5) is 2.54. The Hall–Kier alpha value is -1.06. The molecular formula is C16H26N2O. The van der Waals surface area contributed by atoms with E-state index >= 15 is 0 Å². The van der Waals surface area contributed by atoms with Gasteiger partial charge >= 0.3 is 0 Å². The van der Waals surface area contributed by atoms with Crippen molar-refractivity contribution in [2.75, 3.05) is 38.3 Å². The van der Waals surface area contributed by atoms with E-state index in [4.69, 9.17) is 4.74 Å². The Kier molecular flexibility index (Phi) is 5.67. The number of benzene rings is 1. The molecule has 1 heterocycles. The van der Waals surface area contributed by atoms with Crippen LogP contribution in [0.1, 0.15) is 30.4 Å². The molecule has 0 unspecified atom stereocenters. The third-order valence-corrected chi connectivity index (χ3v) is 3.73. The summed E-state index contributed by atoms with van der Waals surface area (Å²) >= 11 is 0. The fourth-order valence-corrected chi connectivity index (χ4v) is 2.70. The molecule has 1 N–H and O–H groups in total. The number of nitrogens with one attached hydrogen (secondary N) is 1.